The topological polar surface area (TPSA) is 45.7 Å². The molecule has 0 spiro atoms. The number of carbonyl (C=O) groups excluding carboxylic acids is 1. The van der Waals surface area contributed by atoms with Crippen LogP contribution in [0.15, 0.2) is 30.5 Å². The number of likely N-dealkylation sites (tertiary alicyclic amines) is 1. The van der Waals surface area contributed by atoms with Crippen molar-refractivity contribution in [2.24, 2.45) is 0 Å². The maximum absolute atomic E-state index is 12.9. The second-order valence-corrected chi connectivity index (χ2v) is 8.13. The number of nitrogens with zero attached hydrogens (tertiary/aromatic N) is 3. The zero-order valence-corrected chi connectivity index (χ0v) is 16.0. The molecule has 0 bridgehead atoms. The van der Waals surface area contributed by atoms with Crippen LogP contribution in [-0.2, 0) is 16.1 Å². The fourth-order valence-corrected chi connectivity index (χ4v) is 4.84. The summed E-state index contributed by atoms with van der Waals surface area (Å²) in [6.07, 6.45) is 4.02. The van der Waals surface area contributed by atoms with Gasteiger partial charge in [-0.05, 0) is 31.9 Å². The third-order valence-electron chi connectivity index (χ3n) is 5.26. The Labute approximate surface area is 158 Å². The highest BCUT2D eigenvalue weighted by molar-refractivity contribution is 7.15. The van der Waals surface area contributed by atoms with E-state index in [0.29, 0.717) is 13.2 Å². The van der Waals surface area contributed by atoms with Gasteiger partial charge >= 0.3 is 0 Å². The van der Waals surface area contributed by atoms with Crippen molar-refractivity contribution >= 4 is 17.2 Å². The molecule has 3 heterocycles. The van der Waals surface area contributed by atoms with E-state index >= 15 is 0 Å². The van der Waals surface area contributed by atoms with Crippen LogP contribution in [0.4, 0.5) is 0 Å². The number of aromatic nitrogens is 1. The Morgan fingerprint density at radius 3 is 2.88 bits per heavy atom. The zero-order chi connectivity index (χ0) is 17.9. The Hall–Kier alpha value is -1.76. The van der Waals surface area contributed by atoms with Crippen LogP contribution in [0.2, 0.25) is 0 Å². The Bertz CT molecular complexity index is 770. The first kappa shape index (κ1) is 17.6. The highest BCUT2D eigenvalue weighted by Crippen LogP contribution is 2.30. The monoisotopic (exact) mass is 371 g/mol. The molecule has 0 aliphatic carbocycles. The van der Waals surface area contributed by atoms with E-state index in [1.54, 1.807) is 11.3 Å². The van der Waals surface area contributed by atoms with Crippen molar-refractivity contribution in [1.29, 1.82) is 0 Å². The van der Waals surface area contributed by atoms with Crippen LogP contribution in [0, 0.1) is 6.92 Å². The number of rotatable bonds is 4. The fraction of sp³-hybridized carbons (Fsp3) is 0.500. The molecule has 4 rings (SSSR count). The van der Waals surface area contributed by atoms with E-state index in [2.05, 4.69) is 41.1 Å². The van der Waals surface area contributed by atoms with Crippen LogP contribution in [0.1, 0.15) is 23.3 Å². The van der Waals surface area contributed by atoms with Crippen molar-refractivity contribution < 1.29 is 9.53 Å². The van der Waals surface area contributed by atoms with Crippen LogP contribution in [0.25, 0.3) is 10.6 Å². The number of morpholine rings is 1. The molecule has 0 radical (unpaired) electrons. The number of hydrogen-bond donors (Lipinski definition) is 0. The Morgan fingerprint density at radius 1 is 1.27 bits per heavy atom. The third-order valence-corrected chi connectivity index (χ3v) is 6.27. The van der Waals surface area contributed by atoms with Crippen molar-refractivity contribution in [2.45, 2.75) is 32.4 Å². The van der Waals surface area contributed by atoms with Gasteiger partial charge < -0.3 is 9.64 Å². The molecule has 1 atom stereocenters. The van der Waals surface area contributed by atoms with Crippen LogP contribution in [0.3, 0.4) is 0 Å². The average Bonchev–Trinajstić information content (AvgIpc) is 3.32. The Morgan fingerprint density at radius 2 is 2.08 bits per heavy atom. The normalized spacial score (nSPS) is 21.3. The maximum Gasteiger partial charge on any atom is 0.240 e. The lowest BCUT2D eigenvalue weighted by Crippen LogP contribution is -2.49. The number of amides is 1. The van der Waals surface area contributed by atoms with Crippen LogP contribution in [-0.4, -0.2) is 59.6 Å². The minimum atomic E-state index is 0.0112. The van der Waals surface area contributed by atoms with Crippen LogP contribution in [0.5, 0.6) is 0 Å². The predicted molar refractivity (Wildman–Crippen MR) is 103 cm³/mol. The van der Waals surface area contributed by atoms with E-state index in [9.17, 15) is 4.79 Å². The Kier molecular flexibility index (Phi) is 5.33. The number of thiazole rings is 1. The van der Waals surface area contributed by atoms with E-state index in [1.165, 1.54) is 16.0 Å². The smallest absolute Gasteiger partial charge is 0.240 e. The molecule has 0 saturated carbocycles. The summed E-state index contributed by atoms with van der Waals surface area (Å²) in [6.45, 7) is 6.68. The lowest BCUT2D eigenvalue weighted by molar-refractivity contribution is -0.140. The molecule has 1 aromatic carbocycles. The lowest BCUT2D eigenvalue weighted by atomic mass is 10.1. The molecule has 2 aromatic rings. The largest absolute Gasteiger partial charge is 0.378 e. The quantitative estimate of drug-likeness (QED) is 0.829. The molecular formula is C20H25N3O2S. The summed E-state index contributed by atoms with van der Waals surface area (Å²) in [5.41, 5.74) is 2.45. The van der Waals surface area contributed by atoms with Crippen molar-refractivity contribution in [3.63, 3.8) is 0 Å². The average molecular weight is 372 g/mol. The summed E-state index contributed by atoms with van der Waals surface area (Å²) in [4.78, 5) is 23.0. The highest BCUT2D eigenvalue weighted by Gasteiger charge is 2.34. The van der Waals surface area contributed by atoms with Gasteiger partial charge in [-0.1, -0.05) is 24.3 Å². The highest BCUT2D eigenvalue weighted by atomic mass is 32.1. The van der Waals surface area contributed by atoms with E-state index < -0.39 is 0 Å². The molecule has 0 N–H and O–H groups in total. The van der Waals surface area contributed by atoms with Crippen molar-refractivity contribution in [2.75, 3.05) is 32.8 Å². The van der Waals surface area contributed by atoms with E-state index in [0.717, 1.165) is 44.0 Å². The van der Waals surface area contributed by atoms with Gasteiger partial charge in [-0.2, -0.15) is 0 Å². The number of ether oxygens (including phenoxy) is 1. The Balaban J connectivity index is 1.45. The number of aryl methyl sites for hydroxylation is 1. The number of hydrogen-bond acceptors (Lipinski definition) is 5. The molecule has 2 fully saturated rings. The summed E-state index contributed by atoms with van der Waals surface area (Å²) < 4.78 is 5.38. The standard InChI is InChI=1S/C20H25N3O2S/c1-15-5-2-3-6-17(15)19-21-13-16(26-19)14-23-8-4-7-18(23)20(24)22-9-11-25-12-10-22/h2-3,5-6,13,18H,4,7-12,14H2,1H3/t18-/m0/s1. The molecule has 1 aromatic heterocycles. The van der Waals surface area contributed by atoms with Crippen molar-refractivity contribution in [3.05, 3.63) is 40.9 Å². The van der Waals surface area contributed by atoms with Crippen molar-refractivity contribution in [3.8, 4) is 10.6 Å². The molecule has 2 aliphatic rings. The fourth-order valence-electron chi connectivity index (χ4n) is 3.81. The minimum Gasteiger partial charge on any atom is -0.378 e. The minimum absolute atomic E-state index is 0.0112. The van der Waals surface area contributed by atoms with Crippen LogP contribution >= 0.6 is 11.3 Å². The summed E-state index contributed by atoms with van der Waals surface area (Å²) in [6, 6.07) is 8.37. The molecular weight excluding hydrogens is 346 g/mol. The lowest BCUT2D eigenvalue weighted by Gasteiger charge is -2.32. The van der Waals surface area contributed by atoms with Gasteiger partial charge in [0.25, 0.3) is 0 Å². The SMILES string of the molecule is Cc1ccccc1-c1ncc(CN2CCC[C@H]2C(=O)N2CCOCC2)s1. The molecule has 2 aliphatic heterocycles. The van der Waals surface area contributed by atoms with Gasteiger partial charge in [0.05, 0.1) is 19.3 Å². The first-order chi connectivity index (χ1) is 12.7. The van der Waals surface area contributed by atoms with E-state index in [1.807, 2.05) is 11.1 Å². The molecule has 0 unspecified atom stereocenters. The van der Waals surface area contributed by atoms with Gasteiger partial charge in [0.1, 0.15) is 5.01 Å². The number of benzene rings is 1. The van der Waals surface area contributed by atoms with Gasteiger partial charge in [-0.25, -0.2) is 4.98 Å². The third kappa shape index (κ3) is 3.68. The molecule has 6 heteroatoms. The molecule has 5 nitrogen and oxygen atoms in total. The van der Waals surface area contributed by atoms with Gasteiger partial charge in [-0.3, -0.25) is 9.69 Å². The van der Waals surface area contributed by atoms with Gasteiger partial charge in [0, 0.05) is 36.3 Å². The molecule has 138 valence electrons. The van der Waals surface area contributed by atoms with Gasteiger partial charge in [-0.15, -0.1) is 11.3 Å². The van der Waals surface area contributed by atoms with Crippen LogP contribution < -0.4 is 0 Å². The predicted octanol–water partition coefficient (Wildman–Crippen LogP) is 2.94. The van der Waals surface area contributed by atoms with E-state index in [4.69, 9.17) is 4.74 Å². The maximum atomic E-state index is 12.9. The summed E-state index contributed by atoms with van der Waals surface area (Å²) in [5, 5.41) is 1.06. The summed E-state index contributed by atoms with van der Waals surface area (Å²) >= 11 is 1.74. The second kappa shape index (κ2) is 7.86. The van der Waals surface area contributed by atoms with Crippen molar-refractivity contribution in [1.82, 2.24) is 14.8 Å². The first-order valence-corrected chi connectivity index (χ1v) is 10.2. The summed E-state index contributed by atoms with van der Waals surface area (Å²) in [7, 11) is 0. The number of carbonyl (C=O) groups is 1. The summed E-state index contributed by atoms with van der Waals surface area (Å²) in [5.74, 6) is 0.273. The second-order valence-electron chi connectivity index (χ2n) is 7.01. The first-order valence-electron chi connectivity index (χ1n) is 9.33. The van der Waals surface area contributed by atoms with Gasteiger partial charge in [0.2, 0.25) is 5.91 Å². The molecule has 1 amide bonds. The molecule has 26 heavy (non-hydrogen) atoms. The molecule has 2 saturated heterocycles. The zero-order valence-electron chi connectivity index (χ0n) is 15.2. The van der Waals surface area contributed by atoms with E-state index in [-0.39, 0.29) is 11.9 Å². The van der Waals surface area contributed by atoms with Gasteiger partial charge in [0.15, 0.2) is 0 Å².